The lowest BCUT2D eigenvalue weighted by molar-refractivity contribution is 0.170. The van der Waals surface area contributed by atoms with Gasteiger partial charge >= 0.3 is 12.2 Å². The topological polar surface area (TPSA) is 101 Å². The molecule has 20 heavy (non-hydrogen) atoms. The molecule has 0 aliphatic heterocycles. The van der Waals surface area contributed by atoms with Gasteiger partial charge < -0.3 is 9.47 Å². The lowest BCUT2D eigenvalue weighted by Gasteiger charge is -2.00. The van der Waals surface area contributed by atoms with Crippen molar-refractivity contribution in [3.05, 3.63) is 35.4 Å². The minimum atomic E-state index is -0.667. The van der Waals surface area contributed by atoms with E-state index in [1.54, 1.807) is 24.3 Å². The summed E-state index contributed by atoms with van der Waals surface area (Å²) in [4.78, 5) is 21.7. The van der Waals surface area contributed by atoms with E-state index in [1.165, 1.54) is 26.6 Å². The Bertz CT molecular complexity index is 481. The van der Waals surface area contributed by atoms with Crippen LogP contribution in [0.15, 0.2) is 34.5 Å². The number of hydrogen-bond acceptors (Lipinski definition) is 6. The van der Waals surface area contributed by atoms with E-state index in [0.717, 1.165) is 0 Å². The van der Waals surface area contributed by atoms with Crippen LogP contribution in [0.1, 0.15) is 11.1 Å². The van der Waals surface area contributed by atoms with E-state index in [9.17, 15) is 9.59 Å². The van der Waals surface area contributed by atoms with Crippen molar-refractivity contribution in [2.24, 2.45) is 10.2 Å². The maximum atomic E-state index is 10.8. The van der Waals surface area contributed by atoms with Crippen LogP contribution >= 0.6 is 0 Å². The summed E-state index contributed by atoms with van der Waals surface area (Å²) < 4.78 is 8.74. The molecule has 0 aliphatic carbocycles. The Morgan fingerprint density at radius 2 is 1.35 bits per heavy atom. The molecule has 2 amide bonds. The first-order chi connectivity index (χ1) is 9.67. The quantitative estimate of drug-likeness (QED) is 0.635. The number of amides is 2. The van der Waals surface area contributed by atoms with Crippen molar-refractivity contribution >= 4 is 24.6 Å². The van der Waals surface area contributed by atoms with Crippen LogP contribution in [0.25, 0.3) is 0 Å². The first-order valence-corrected chi connectivity index (χ1v) is 5.50. The number of nitrogens with zero attached hydrogens (tertiary/aromatic N) is 2. The molecule has 0 fully saturated rings. The fraction of sp³-hybridized carbons (Fsp3) is 0.167. The molecular weight excluding hydrogens is 264 g/mol. The number of carbonyl (C=O) groups is 2. The van der Waals surface area contributed by atoms with Crippen molar-refractivity contribution in [2.75, 3.05) is 14.2 Å². The predicted molar refractivity (Wildman–Crippen MR) is 72.7 cm³/mol. The van der Waals surface area contributed by atoms with Crippen LogP contribution in [0.5, 0.6) is 0 Å². The molecule has 0 heterocycles. The van der Waals surface area contributed by atoms with Gasteiger partial charge in [-0.25, -0.2) is 20.4 Å². The molecule has 106 valence electrons. The van der Waals surface area contributed by atoms with Crippen LogP contribution in [0.3, 0.4) is 0 Å². The minimum absolute atomic E-state index is 0.667. The summed E-state index contributed by atoms with van der Waals surface area (Å²) >= 11 is 0. The van der Waals surface area contributed by atoms with E-state index >= 15 is 0 Å². The summed E-state index contributed by atoms with van der Waals surface area (Å²) in [6, 6.07) is 7.12. The summed E-state index contributed by atoms with van der Waals surface area (Å²) in [7, 11) is 2.48. The average molecular weight is 278 g/mol. The number of carbonyl (C=O) groups excluding carboxylic acids is 2. The van der Waals surface area contributed by atoms with Crippen molar-refractivity contribution in [1.82, 2.24) is 10.9 Å². The van der Waals surface area contributed by atoms with Gasteiger partial charge in [-0.2, -0.15) is 10.2 Å². The molecule has 0 bridgehead atoms. The second kappa shape index (κ2) is 8.25. The second-order valence-corrected chi connectivity index (χ2v) is 3.35. The Morgan fingerprint density at radius 1 is 0.950 bits per heavy atom. The fourth-order valence-electron chi connectivity index (χ4n) is 1.15. The van der Waals surface area contributed by atoms with Crippen molar-refractivity contribution in [1.29, 1.82) is 0 Å². The number of hydrogen-bond donors (Lipinski definition) is 2. The number of methoxy groups -OCH3 is 2. The number of rotatable bonds is 4. The molecule has 0 aromatic heterocycles. The van der Waals surface area contributed by atoms with E-state index in [1.807, 2.05) is 0 Å². The van der Waals surface area contributed by atoms with E-state index < -0.39 is 12.2 Å². The Labute approximate surface area is 115 Å². The van der Waals surface area contributed by atoms with E-state index in [-0.39, 0.29) is 0 Å². The second-order valence-electron chi connectivity index (χ2n) is 3.35. The van der Waals surface area contributed by atoms with Gasteiger partial charge in [0.1, 0.15) is 0 Å². The largest absolute Gasteiger partial charge is 0.452 e. The summed E-state index contributed by atoms with van der Waals surface area (Å²) in [5.74, 6) is 0. The lowest BCUT2D eigenvalue weighted by Crippen LogP contribution is -2.17. The van der Waals surface area contributed by atoms with Gasteiger partial charge in [-0.3, -0.25) is 0 Å². The van der Waals surface area contributed by atoms with Crippen LogP contribution in [0.4, 0.5) is 9.59 Å². The zero-order chi connectivity index (χ0) is 14.8. The number of nitrogens with one attached hydrogen (secondary N) is 2. The third kappa shape index (κ3) is 5.17. The molecule has 0 spiro atoms. The third-order valence-electron chi connectivity index (χ3n) is 2.09. The van der Waals surface area contributed by atoms with Gasteiger partial charge in [-0.1, -0.05) is 24.3 Å². The van der Waals surface area contributed by atoms with Gasteiger partial charge in [0.05, 0.1) is 26.6 Å². The molecule has 0 radical (unpaired) electrons. The summed E-state index contributed by atoms with van der Waals surface area (Å²) in [6.45, 7) is 0. The van der Waals surface area contributed by atoms with Crippen LogP contribution in [0.2, 0.25) is 0 Å². The van der Waals surface area contributed by atoms with Crippen LogP contribution < -0.4 is 10.9 Å². The first-order valence-electron chi connectivity index (χ1n) is 5.50. The summed E-state index contributed by atoms with van der Waals surface area (Å²) in [6.07, 6.45) is 1.52. The van der Waals surface area contributed by atoms with Crippen molar-refractivity contribution < 1.29 is 19.1 Å². The van der Waals surface area contributed by atoms with Crippen molar-refractivity contribution in [2.45, 2.75) is 0 Å². The Balaban J connectivity index is 2.72. The maximum absolute atomic E-state index is 10.8. The zero-order valence-electron chi connectivity index (χ0n) is 11.0. The van der Waals surface area contributed by atoms with Gasteiger partial charge in [-0.05, 0) is 0 Å². The van der Waals surface area contributed by atoms with Crippen molar-refractivity contribution in [3.63, 3.8) is 0 Å². The molecule has 2 N–H and O–H groups in total. The number of ether oxygens (including phenoxy) is 2. The molecular formula is C12H14N4O4. The van der Waals surface area contributed by atoms with Gasteiger partial charge in [0.2, 0.25) is 0 Å². The van der Waals surface area contributed by atoms with Gasteiger partial charge in [0, 0.05) is 11.1 Å². The predicted octanol–water partition coefficient (Wildman–Crippen LogP) is 1.07. The smallest absolute Gasteiger partial charge is 0.427 e. The highest BCUT2D eigenvalue weighted by Gasteiger charge is 1.98. The summed E-state index contributed by atoms with van der Waals surface area (Å²) in [5.41, 5.74) is 5.72. The maximum Gasteiger partial charge on any atom is 0.427 e. The fourth-order valence-corrected chi connectivity index (χ4v) is 1.15. The minimum Gasteiger partial charge on any atom is -0.452 e. The molecule has 8 heteroatoms. The van der Waals surface area contributed by atoms with E-state index in [0.29, 0.717) is 11.1 Å². The van der Waals surface area contributed by atoms with Crippen molar-refractivity contribution in [3.8, 4) is 0 Å². The first kappa shape index (κ1) is 15.2. The SMILES string of the molecule is COC(=O)N/N=C/c1ccccc1/C=N/NC(=O)OC. The highest BCUT2D eigenvalue weighted by atomic mass is 16.5. The Kier molecular flexibility index (Phi) is 6.25. The zero-order valence-corrected chi connectivity index (χ0v) is 11.0. The standard InChI is InChI=1S/C12H14N4O4/c1-19-11(17)15-13-7-9-5-3-4-6-10(9)8-14-16-12(18)20-2/h3-8H,1-2H3,(H,15,17)(H,16,18)/b13-7+,14-8+. The van der Waals surface area contributed by atoms with Gasteiger partial charge in [0.25, 0.3) is 0 Å². The van der Waals surface area contributed by atoms with E-state index in [2.05, 4.69) is 30.5 Å². The van der Waals surface area contributed by atoms with Crippen LogP contribution in [0, 0.1) is 0 Å². The Hall–Kier alpha value is -2.90. The third-order valence-corrected chi connectivity index (χ3v) is 2.09. The van der Waals surface area contributed by atoms with E-state index in [4.69, 9.17) is 0 Å². The molecule has 0 unspecified atom stereocenters. The monoisotopic (exact) mass is 278 g/mol. The highest BCUT2D eigenvalue weighted by Crippen LogP contribution is 2.03. The van der Waals surface area contributed by atoms with Crippen LogP contribution in [-0.2, 0) is 9.47 Å². The Morgan fingerprint density at radius 3 is 1.70 bits per heavy atom. The molecule has 1 rings (SSSR count). The number of benzene rings is 1. The molecule has 1 aromatic carbocycles. The molecule has 0 saturated heterocycles. The molecule has 0 saturated carbocycles. The molecule has 0 aliphatic rings. The van der Waals surface area contributed by atoms with Crippen LogP contribution in [-0.4, -0.2) is 38.8 Å². The van der Waals surface area contributed by atoms with Gasteiger partial charge in [-0.15, -0.1) is 0 Å². The summed E-state index contributed by atoms with van der Waals surface area (Å²) in [5, 5.41) is 7.42. The average Bonchev–Trinajstić information content (AvgIpc) is 2.48. The number of hydrazone groups is 2. The highest BCUT2D eigenvalue weighted by molar-refractivity contribution is 5.94. The van der Waals surface area contributed by atoms with Gasteiger partial charge in [0.15, 0.2) is 0 Å². The molecule has 8 nitrogen and oxygen atoms in total. The normalized spacial score (nSPS) is 10.5. The molecule has 1 aromatic rings. The lowest BCUT2D eigenvalue weighted by atomic mass is 10.1. The molecule has 0 atom stereocenters.